The molecule has 2 aromatic rings. The number of benzene rings is 1. The third-order valence-electron chi connectivity index (χ3n) is 4.36. The molecule has 0 aliphatic carbocycles. The summed E-state index contributed by atoms with van der Waals surface area (Å²) in [7, 11) is 4.38. The molecular formula is C16H23N5. The Hall–Kier alpha value is -1.85. The van der Waals surface area contributed by atoms with E-state index in [0.717, 1.165) is 48.3 Å². The molecule has 1 aliphatic rings. The molecule has 1 fully saturated rings. The summed E-state index contributed by atoms with van der Waals surface area (Å²) in [5.41, 5.74) is 7.93. The van der Waals surface area contributed by atoms with E-state index in [1.54, 1.807) is 0 Å². The van der Waals surface area contributed by atoms with Crippen LogP contribution in [0.1, 0.15) is 0 Å². The SMILES string of the molecule is CN1CCN(C)C(CNc2ccc(N)c3cnccc23)C1. The number of hydrogen-bond acceptors (Lipinski definition) is 5. The van der Waals surface area contributed by atoms with Gasteiger partial charge in [-0.3, -0.25) is 9.88 Å². The van der Waals surface area contributed by atoms with Crippen molar-refractivity contribution in [1.82, 2.24) is 14.8 Å². The van der Waals surface area contributed by atoms with Crippen LogP contribution in [-0.4, -0.2) is 61.1 Å². The second kappa shape index (κ2) is 5.87. The van der Waals surface area contributed by atoms with Crippen molar-refractivity contribution < 1.29 is 0 Å². The maximum atomic E-state index is 6.02. The molecule has 0 radical (unpaired) electrons. The van der Waals surface area contributed by atoms with Crippen LogP contribution in [0.3, 0.4) is 0 Å². The van der Waals surface area contributed by atoms with Crippen LogP contribution in [0.15, 0.2) is 30.6 Å². The number of pyridine rings is 1. The van der Waals surface area contributed by atoms with Gasteiger partial charge in [0.25, 0.3) is 0 Å². The van der Waals surface area contributed by atoms with Crippen molar-refractivity contribution >= 4 is 22.1 Å². The van der Waals surface area contributed by atoms with Crippen LogP contribution in [0, 0.1) is 0 Å². The minimum absolute atomic E-state index is 0.526. The number of hydrogen-bond donors (Lipinski definition) is 2. The second-order valence-electron chi connectivity index (χ2n) is 5.90. The predicted octanol–water partition coefficient (Wildman–Crippen LogP) is 1.47. The fourth-order valence-electron chi connectivity index (χ4n) is 2.92. The van der Waals surface area contributed by atoms with Crippen LogP contribution in [0.4, 0.5) is 11.4 Å². The number of nitrogens with two attached hydrogens (primary N) is 1. The fraction of sp³-hybridized carbons (Fsp3) is 0.438. The molecule has 0 saturated carbocycles. The summed E-state index contributed by atoms with van der Waals surface area (Å²) < 4.78 is 0. The summed E-state index contributed by atoms with van der Waals surface area (Å²) in [6.45, 7) is 4.29. The number of piperazine rings is 1. The lowest BCUT2D eigenvalue weighted by molar-refractivity contribution is 0.122. The van der Waals surface area contributed by atoms with E-state index in [2.05, 4.69) is 40.3 Å². The van der Waals surface area contributed by atoms with Crippen molar-refractivity contribution in [2.45, 2.75) is 6.04 Å². The summed E-state index contributed by atoms with van der Waals surface area (Å²) in [5, 5.41) is 5.73. The minimum atomic E-state index is 0.526. The lowest BCUT2D eigenvalue weighted by Crippen LogP contribution is -2.52. The zero-order valence-electron chi connectivity index (χ0n) is 12.7. The third-order valence-corrected chi connectivity index (χ3v) is 4.36. The highest BCUT2D eigenvalue weighted by atomic mass is 15.3. The molecule has 3 N–H and O–H groups in total. The van der Waals surface area contributed by atoms with Gasteiger partial charge in [0.1, 0.15) is 0 Å². The first-order valence-corrected chi connectivity index (χ1v) is 7.40. The Morgan fingerprint density at radius 2 is 2.10 bits per heavy atom. The normalized spacial score (nSPS) is 20.8. The van der Waals surface area contributed by atoms with Gasteiger partial charge in [0, 0.05) is 66.8 Å². The zero-order valence-corrected chi connectivity index (χ0v) is 12.7. The number of likely N-dealkylation sites (N-methyl/N-ethyl adjacent to an activating group) is 2. The summed E-state index contributed by atoms with van der Waals surface area (Å²) >= 11 is 0. The Morgan fingerprint density at radius 1 is 1.24 bits per heavy atom. The van der Waals surface area contributed by atoms with Gasteiger partial charge in [-0.25, -0.2) is 0 Å². The Morgan fingerprint density at radius 3 is 2.95 bits per heavy atom. The molecule has 5 nitrogen and oxygen atoms in total. The average Bonchev–Trinajstić information content (AvgIpc) is 2.50. The topological polar surface area (TPSA) is 57.4 Å². The first-order valence-electron chi connectivity index (χ1n) is 7.40. The fourth-order valence-corrected chi connectivity index (χ4v) is 2.92. The van der Waals surface area contributed by atoms with Crippen molar-refractivity contribution in [3.8, 4) is 0 Å². The number of nitrogen functional groups attached to an aromatic ring is 1. The lowest BCUT2D eigenvalue weighted by Gasteiger charge is -2.38. The van der Waals surface area contributed by atoms with Gasteiger partial charge in [0.05, 0.1) is 0 Å². The van der Waals surface area contributed by atoms with Crippen LogP contribution < -0.4 is 11.1 Å². The highest BCUT2D eigenvalue weighted by Crippen LogP contribution is 2.27. The number of nitrogens with one attached hydrogen (secondary N) is 1. The van der Waals surface area contributed by atoms with Gasteiger partial charge in [-0.15, -0.1) is 0 Å². The number of nitrogens with zero attached hydrogens (tertiary/aromatic N) is 3. The van der Waals surface area contributed by atoms with Gasteiger partial charge in [0.2, 0.25) is 0 Å². The minimum Gasteiger partial charge on any atom is -0.398 e. The molecule has 112 valence electrons. The molecule has 5 heteroatoms. The van der Waals surface area contributed by atoms with Gasteiger partial charge in [0.15, 0.2) is 0 Å². The molecule has 1 aliphatic heterocycles. The van der Waals surface area contributed by atoms with Crippen LogP contribution >= 0.6 is 0 Å². The molecule has 2 heterocycles. The molecule has 1 aromatic carbocycles. The number of rotatable bonds is 3. The van der Waals surface area contributed by atoms with E-state index in [-0.39, 0.29) is 0 Å². The molecule has 1 atom stereocenters. The van der Waals surface area contributed by atoms with Crippen LogP contribution in [0.25, 0.3) is 10.8 Å². The number of fused-ring (bicyclic) bond motifs is 1. The van der Waals surface area contributed by atoms with E-state index >= 15 is 0 Å². The third kappa shape index (κ3) is 2.94. The number of anilines is 2. The summed E-state index contributed by atoms with van der Waals surface area (Å²) in [6, 6.07) is 6.55. The predicted molar refractivity (Wildman–Crippen MR) is 88.6 cm³/mol. The van der Waals surface area contributed by atoms with Crippen molar-refractivity contribution in [1.29, 1.82) is 0 Å². The van der Waals surface area contributed by atoms with Gasteiger partial charge in [-0.05, 0) is 32.3 Å². The number of aromatic nitrogens is 1. The van der Waals surface area contributed by atoms with Crippen LogP contribution in [0.5, 0.6) is 0 Å². The van der Waals surface area contributed by atoms with Crippen molar-refractivity contribution in [3.05, 3.63) is 30.6 Å². The molecular weight excluding hydrogens is 262 g/mol. The van der Waals surface area contributed by atoms with Gasteiger partial charge in [-0.2, -0.15) is 0 Å². The van der Waals surface area contributed by atoms with E-state index in [4.69, 9.17) is 5.73 Å². The summed E-state index contributed by atoms with van der Waals surface area (Å²) in [5.74, 6) is 0. The van der Waals surface area contributed by atoms with Gasteiger partial charge < -0.3 is 16.0 Å². The highest BCUT2D eigenvalue weighted by Gasteiger charge is 2.21. The van der Waals surface area contributed by atoms with Crippen molar-refractivity contribution in [2.75, 3.05) is 51.3 Å². The average molecular weight is 285 g/mol. The highest BCUT2D eigenvalue weighted by molar-refractivity contribution is 6.00. The van der Waals surface area contributed by atoms with E-state index in [0.29, 0.717) is 6.04 Å². The Bertz CT molecular complexity index is 627. The Labute approximate surface area is 125 Å². The van der Waals surface area contributed by atoms with E-state index in [9.17, 15) is 0 Å². The van der Waals surface area contributed by atoms with Gasteiger partial charge >= 0.3 is 0 Å². The molecule has 1 saturated heterocycles. The van der Waals surface area contributed by atoms with E-state index < -0.39 is 0 Å². The van der Waals surface area contributed by atoms with Crippen molar-refractivity contribution in [2.24, 2.45) is 0 Å². The quantitative estimate of drug-likeness (QED) is 0.837. The van der Waals surface area contributed by atoms with E-state index in [1.807, 2.05) is 24.5 Å². The largest absolute Gasteiger partial charge is 0.398 e. The molecule has 0 amide bonds. The molecule has 1 aromatic heterocycles. The Kier molecular flexibility index (Phi) is 3.94. The zero-order chi connectivity index (χ0) is 14.8. The molecule has 21 heavy (non-hydrogen) atoms. The standard InChI is InChI=1S/C16H23N5/c1-20-7-8-21(2)12(11-20)9-19-16-4-3-15(17)14-10-18-6-5-13(14)16/h3-6,10,12,19H,7-9,11,17H2,1-2H3. The first-order chi connectivity index (χ1) is 10.1. The molecule has 3 rings (SSSR count). The smallest absolute Gasteiger partial charge is 0.0423 e. The lowest BCUT2D eigenvalue weighted by atomic mass is 10.1. The van der Waals surface area contributed by atoms with Crippen LogP contribution in [0.2, 0.25) is 0 Å². The second-order valence-corrected chi connectivity index (χ2v) is 5.90. The first kappa shape index (κ1) is 14.1. The van der Waals surface area contributed by atoms with Crippen molar-refractivity contribution in [3.63, 3.8) is 0 Å². The summed E-state index contributed by atoms with van der Waals surface area (Å²) in [4.78, 5) is 8.98. The van der Waals surface area contributed by atoms with Gasteiger partial charge in [-0.1, -0.05) is 0 Å². The monoisotopic (exact) mass is 285 g/mol. The maximum absolute atomic E-state index is 6.02. The molecule has 0 bridgehead atoms. The van der Waals surface area contributed by atoms with Crippen LogP contribution in [-0.2, 0) is 0 Å². The molecule has 0 spiro atoms. The Balaban J connectivity index is 1.78. The molecule has 1 unspecified atom stereocenters. The maximum Gasteiger partial charge on any atom is 0.0423 e. The summed E-state index contributed by atoms with van der Waals surface area (Å²) in [6.07, 6.45) is 3.64. The van der Waals surface area contributed by atoms with E-state index in [1.165, 1.54) is 0 Å².